The first-order valence-corrected chi connectivity index (χ1v) is 7.59. The van der Waals surface area contributed by atoms with Crippen LogP contribution in [-0.4, -0.2) is 39.9 Å². The summed E-state index contributed by atoms with van der Waals surface area (Å²) < 4.78 is 5.43. The Bertz CT molecular complexity index is 195. The number of hydrogen-bond donors (Lipinski definition) is 2. The van der Waals surface area contributed by atoms with Crippen molar-refractivity contribution >= 4 is 0 Å². The van der Waals surface area contributed by atoms with Crippen LogP contribution >= 0.6 is 0 Å². The zero-order chi connectivity index (χ0) is 13.3. The predicted octanol–water partition coefficient (Wildman–Crippen LogP) is 2.42. The summed E-state index contributed by atoms with van der Waals surface area (Å²) in [7, 11) is 1.83. The number of ether oxygens (including phenoxy) is 1. The first-order valence-electron chi connectivity index (χ1n) is 7.59. The molecule has 0 aromatic rings. The van der Waals surface area contributed by atoms with E-state index >= 15 is 0 Å². The van der Waals surface area contributed by atoms with Gasteiger partial charge in [-0.1, -0.05) is 26.7 Å². The first kappa shape index (κ1) is 15.9. The Hall–Kier alpha value is -0.120. The molecule has 108 valence electrons. The average Bonchev–Trinajstić information content (AvgIpc) is 2.35. The predicted molar refractivity (Wildman–Crippen MR) is 78.0 cm³/mol. The van der Waals surface area contributed by atoms with E-state index in [1.807, 2.05) is 7.11 Å². The van der Waals surface area contributed by atoms with Crippen molar-refractivity contribution in [3.8, 4) is 0 Å². The summed E-state index contributed by atoms with van der Waals surface area (Å²) in [5, 5.41) is 7.08. The van der Waals surface area contributed by atoms with E-state index in [2.05, 4.69) is 24.5 Å². The highest BCUT2D eigenvalue weighted by Crippen LogP contribution is 2.28. The Balaban J connectivity index is 2.13. The zero-order valence-corrected chi connectivity index (χ0v) is 12.6. The Kier molecular flexibility index (Phi) is 7.87. The van der Waals surface area contributed by atoms with Crippen LogP contribution in [0, 0.1) is 11.3 Å². The van der Waals surface area contributed by atoms with Crippen molar-refractivity contribution in [2.24, 2.45) is 11.3 Å². The second-order valence-corrected chi connectivity index (χ2v) is 6.25. The molecule has 0 aliphatic carbocycles. The third-order valence-corrected chi connectivity index (χ3v) is 4.00. The molecular formula is C15H32N2O. The molecule has 2 N–H and O–H groups in total. The van der Waals surface area contributed by atoms with Gasteiger partial charge in [-0.3, -0.25) is 0 Å². The molecule has 1 saturated heterocycles. The molecule has 0 unspecified atom stereocenters. The topological polar surface area (TPSA) is 33.3 Å². The lowest BCUT2D eigenvalue weighted by molar-refractivity contribution is 0.0537. The number of rotatable bonds is 9. The van der Waals surface area contributed by atoms with Crippen molar-refractivity contribution < 1.29 is 4.74 Å². The molecule has 0 radical (unpaired) electrons. The van der Waals surface area contributed by atoms with E-state index < -0.39 is 0 Å². The molecule has 18 heavy (non-hydrogen) atoms. The van der Waals surface area contributed by atoms with Gasteiger partial charge in [0, 0.05) is 19.1 Å². The van der Waals surface area contributed by atoms with Crippen LogP contribution in [0.1, 0.15) is 46.0 Å². The lowest BCUT2D eigenvalue weighted by Crippen LogP contribution is -2.46. The van der Waals surface area contributed by atoms with Crippen molar-refractivity contribution in [2.75, 3.05) is 39.9 Å². The maximum Gasteiger partial charge on any atom is 0.0531 e. The van der Waals surface area contributed by atoms with Crippen LogP contribution in [0.25, 0.3) is 0 Å². The van der Waals surface area contributed by atoms with Crippen LogP contribution in [0.2, 0.25) is 0 Å². The number of methoxy groups -OCH3 is 1. The molecule has 0 aromatic carbocycles. The fourth-order valence-corrected chi connectivity index (χ4v) is 2.79. The Morgan fingerprint density at radius 3 is 2.56 bits per heavy atom. The minimum Gasteiger partial charge on any atom is -0.384 e. The fraction of sp³-hybridized carbons (Fsp3) is 1.00. The highest BCUT2D eigenvalue weighted by atomic mass is 16.5. The zero-order valence-electron chi connectivity index (χ0n) is 12.6. The second kappa shape index (κ2) is 8.89. The monoisotopic (exact) mass is 256 g/mol. The molecule has 1 heterocycles. The summed E-state index contributed by atoms with van der Waals surface area (Å²) in [5.41, 5.74) is 0.373. The van der Waals surface area contributed by atoms with E-state index in [0.717, 1.165) is 38.7 Å². The van der Waals surface area contributed by atoms with Crippen LogP contribution in [0.15, 0.2) is 0 Å². The lowest BCUT2D eigenvalue weighted by Gasteiger charge is -2.37. The third kappa shape index (κ3) is 6.17. The van der Waals surface area contributed by atoms with Gasteiger partial charge in [0.05, 0.1) is 6.61 Å². The molecule has 0 saturated carbocycles. The van der Waals surface area contributed by atoms with Gasteiger partial charge in [0.15, 0.2) is 0 Å². The maximum absolute atomic E-state index is 5.43. The van der Waals surface area contributed by atoms with E-state index in [1.54, 1.807) is 0 Å². The van der Waals surface area contributed by atoms with Gasteiger partial charge < -0.3 is 15.4 Å². The van der Waals surface area contributed by atoms with Gasteiger partial charge in [-0.2, -0.15) is 0 Å². The van der Waals surface area contributed by atoms with Crippen molar-refractivity contribution in [1.29, 1.82) is 0 Å². The number of unbranched alkanes of at least 4 members (excludes halogenated alkanes) is 1. The Morgan fingerprint density at radius 2 is 1.94 bits per heavy atom. The molecule has 0 bridgehead atoms. The van der Waals surface area contributed by atoms with Gasteiger partial charge in [-0.15, -0.1) is 0 Å². The summed E-state index contributed by atoms with van der Waals surface area (Å²) in [6, 6.07) is 0. The van der Waals surface area contributed by atoms with Crippen LogP contribution in [-0.2, 0) is 4.74 Å². The van der Waals surface area contributed by atoms with Gasteiger partial charge in [0.1, 0.15) is 0 Å². The fourth-order valence-electron chi connectivity index (χ4n) is 2.79. The average molecular weight is 256 g/mol. The Morgan fingerprint density at radius 1 is 1.22 bits per heavy atom. The molecule has 1 fully saturated rings. The first-order chi connectivity index (χ1) is 8.68. The quantitative estimate of drug-likeness (QED) is 0.622. The van der Waals surface area contributed by atoms with Gasteiger partial charge in [-0.05, 0) is 44.8 Å². The molecule has 1 aliphatic rings. The molecule has 3 nitrogen and oxygen atoms in total. The van der Waals surface area contributed by atoms with Crippen molar-refractivity contribution in [2.45, 2.75) is 46.0 Å². The van der Waals surface area contributed by atoms with Crippen molar-refractivity contribution in [3.05, 3.63) is 0 Å². The van der Waals surface area contributed by atoms with Gasteiger partial charge in [0.2, 0.25) is 0 Å². The van der Waals surface area contributed by atoms with Gasteiger partial charge in [0.25, 0.3) is 0 Å². The largest absolute Gasteiger partial charge is 0.384 e. The highest BCUT2D eigenvalue weighted by Gasteiger charge is 2.31. The highest BCUT2D eigenvalue weighted by molar-refractivity contribution is 4.86. The number of hydrogen-bond acceptors (Lipinski definition) is 3. The van der Waals surface area contributed by atoms with E-state index in [9.17, 15) is 0 Å². The van der Waals surface area contributed by atoms with E-state index in [0.29, 0.717) is 5.41 Å². The smallest absolute Gasteiger partial charge is 0.0531 e. The molecule has 1 aliphatic heterocycles. The second-order valence-electron chi connectivity index (χ2n) is 6.25. The van der Waals surface area contributed by atoms with E-state index in [1.165, 1.54) is 32.1 Å². The minimum absolute atomic E-state index is 0.373. The van der Waals surface area contributed by atoms with Crippen molar-refractivity contribution in [3.63, 3.8) is 0 Å². The standard InChI is InChI=1S/C15H32N2O/c1-14(2)6-4-5-9-17-12-15(13-18-3)7-10-16-11-8-15/h14,16-17H,4-13H2,1-3H3. The van der Waals surface area contributed by atoms with Crippen LogP contribution in [0.5, 0.6) is 0 Å². The van der Waals surface area contributed by atoms with Crippen LogP contribution in [0.4, 0.5) is 0 Å². The van der Waals surface area contributed by atoms with E-state index in [-0.39, 0.29) is 0 Å². The minimum atomic E-state index is 0.373. The maximum atomic E-state index is 5.43. The summed E-state index contributed by atoms with van der Waals surface area (Å²) >= 11 is 0. The Labute approximate surface area is 113 Å². The van der Waals surface area contributed by atoms with Gasteiger partial charge in [-0.25, -0.2) is 0 Å². The van der Waals surface area contributed by atoms with Gasteiger partial charge >= 0.3 is 0 Å². The van der Waals surface area contributed by atoms with Crippen LogP contribution < -0.4 is 10.6 Å². The summed E-state index contributed by atoms with van der Waals surface area (Å²) in [5.74, 6) is 0.842. The number of nitrogens with one attached hydrogen (secondary N) is 2. The molecule has 0 atom stereocenters. The third-order valence-electron chi connectivity index (χ3n) is 4.00. The van der Waals surface area contributed by atoms with Crippen molar-refractivity contribution in [1.82, 2.24) is 10.6 Å². The molecule has 1 rings (SSSR count). The summed E-state index contributed by atoms with van der Waals surface area (Å²) in [6.07, 6.45) is 6.48. The molecular weight excluding hydrogens is 224 g/mol. The normalized spacial score (nSPS) is 19.3. The van der Waals surface area contributed by atoms with Crippen LogP contribution in [0.3, 0.4) is 0 Å². The molecule has 0 amide bonds. The lowest BCUT2D eigenvalue weighted by atomic mass is 9.79. The molecule has 0 spiro atoms. The summed E-state index contributed by atoms with van der Waals surface area (Å²) in [4.78, 5) is 0. The molecule has 3 heteroatoms. The van der Waals surface area contributed by atoms with E-state index in [4.69, 9.17) is 4.74 Å². The summed E-state index contributed by atoms with van der Waals surface area (Å²) in [6.45, 7) is 10.0. The number of piperidine rings is 1. The SMILES string of the molecule is COCC1(CNCCCCC(C)C)CCNCC1. The molecule has 0 aromatic heterocycles.